The zero-order valence-electron chi connectivity index (χ0n) is 16.7. The Morgan fingerprint density at radius 1 is 1.31 bits per heavy atom. The second-order valence-electron chi connectivity index (χ2n) is 6.36. The van der Waals surface area contributed by atoms with Gasteiger partial charge in [0.2, 0.25) is 21.8 Å². The van der Waals surface area contributed by atoms with Crippen LogP contribution in [0, 0.1) is 18.2 Å². The van der Waals surface area contributed by atoms with Gasteiger partial charge in [0.25, 0.3) is 0 Å². The number of halogens is 4. The number of pyridine rings is 1. The smallest absolute Gasteiger partial charge is 0.433 e. The number of amides is 1. The number of rotatable bonds is 7. The summed E-state index contributed by atoms with van der Waals surface area (Å²) in [6.07, 6.45) is 3.73. The summed E-state index contributed by atoms with van der Waals surface area (Å²) in [6, 6.07) is 4.17. The molecule has 0 saturated heterocycles. The second-order valence-corrected chi connectivity index (χ2v) is 8.11. The van der Waals surface area contributed by atoms with Crippen LogP contribution in [-0.2, 0) is 27.5 Å². The van der Waals surface area contributed by atoms with Gasteiger partial charge in [-0.3, -0.25) is 9.52 Å². The second kappa shape index (κ2) is 9.69. The van der Waals surface area contributed by atoms with Crippen LogP contribution < -0.4 is 14.8 Å². The molecule has 0 aliphatic heterocycles. The van der Waals surface area contributed by atoms with E-state index in [1.807, 2.05) is 4.72 Å². The van der Waals surface area contributed by atoms with E-state index < -0.39 is 33.6 Å². The number of ether oxygens (including phenoxy) is 1. The molecule has 0 radical (unpaired) electrons. The summed E-state index contributed by atoms with van der Waals surface area (Å²) in [5.74, 6) is 0.276. The highest BCUT2D eigenvalue weighted by Crippen LogP contribution is 2.30. The zero-order chi connectivity index (χ0) is 24.1. The Morgan fingerprint density at radius 2 is 2.00 bits per heavy atom. The first-order valence-corrected chi connectivity index (χ1v) is 10.6. The van der Waals surface area contributed by atoms with Crippen LogP contribution in [0.3, 0.4) is 0 Å². The minimum atomic E-state index is -4.65. The van der Waals surface area contributed by atoms with Gasteiger partial charge in [-0.15, -0.1) is 6.42 Å². The van der Waals surface area contributed by atoms with Crippen molar-refractivity contribution in [2.24, 2.45) is 0 Å². The molecule has 1 heterocycles. The summed E-state index contributed by atoms with van der Waals surface area (Å²) in [6.45, 7) is -0.156. The van der Waals surface area contributed by atoms with E-state index in [1.165, 1.54) is 12.1 Å². The fraction of sp³-hybridized carbons (Fsp3) is 0.200. The van der Waals surface area contributed by atoms with Crippen molar-refractivity contribution in [3.63, 3.8) is 0 Å². The van der Waals surface area contributed by atoms with Crippen molar-refractivity contribution in [3.8, 4) is 18.2 Å². The number of methoxy groups -OCH3 is 1. The van der Waals surface area contributed by atoms with E-state index >= 15 is 0 Å². The minimum Gasteiger partial charge on any atom is -0.481 e. The number of carbonyl (C=O) groups is 1. The molecular formula is C20H17F4N3O4S. The predicted molar refractivity (Wildman–Crippen MR) is 109 cm³/mol. The molecule has 0 aliphatic rings. The van der Waals surface area contributed by atoms with Gasteiger partial charge in [0.05, 0.1) is 24.6 Å². The molecule has 0 fully saturated rings. The number of terminal acetylenes is 1. The maximum absolute atomic E-state index is 14.3. The van der Waals surface area contributed by atoms with E-state index in [2.05, 4.69) is 16.2 Å². The first-order chi connectivity index (χ1) is 14.8. The molecule has 0 spiro atoms. The molecule has 12 heteroatoms. The Labute approximate surface area is 181 Å². The summed E-state index contributed by atoms with van der Waals surface area (Å²) >= 11 is 0. The maximum atomic E-state index is 14.3. The first kappa shape index (κ1) is 24.7. The van der Waals surface area contributed by atoms with Gasteiger partial charge >= 0.3 is 6.18 Å². The van der Waals surface area contributed by atoms with Gasteiger partial charge in [0, 0.05) is 18.2 Å². The van der Waals surface area contributed by atoms with Gasteiger partial charge in [0.1, 0.15) is 11.5 Å². The summed E-state index contributed by atoms with van der Waals surface area (Å²) in [5, 5.41) is 2.45. The van der Waals surface area contributed by atoms with Crippen LogP contribution in [0.5, 0.6) is 5.88 Å². The zero-order valence-corrected chi connectivity index (χ0v) is 17.6. The van der Waals surface area contributed by atoms with Crippen molar-refractivity contribution < 1.29 is 35.5 Å². The van der Waals surface area contributed by atoms with Crippen molar-refractivity contribution in [2.45, 2.75) is 12.7 Å². The number of benzene rings is 1. The van der Waals surface area contributed by atoms with Crippen molar-refractivity contribution >= 4 is 27.7 Å². The molecule has 0 unspecified atom stereocenters. The maximum Gasteiger partial charge on any atom is 0.433 e. The third-order valence-corrected chi connectivity index (χ3v) is 4.42. The van der Waals surface area contributed by atoms with Crippen LogP contribution in [0.4, 0.5) is 23.2 Å². The van der Waals surface area contributed by atoms with Gasteiger partial charge in [-0.25, -0.2) is 17.8 Å². The van der Waals surface area contributed by atoms with Crippen molar-refractivity contribution in [1.29, 1.82) is 0 Å². The number of carbonyl (C=O) groups excluding carboxylic acids is 1. The molecule has 1 aromatic carbocycles. The average molecular weight is 471 g/mol. The first-order valence-electron chi connectivity index (χ1n) is 8.69. The van der Waals surface area contributed by atoms with Gasteiger partial charge in [0.15, 0.2) is 0 Å². The van der Waals surface area contributed by atoms with Gasteiger partial charge in [-0.1, -0.05) is 5.92 Å². The molecule has 0 bridgehead atoms. The third kappa shape index (κ3) is 6.71. The standard InChI is InChI=1S/C20H17F4N3O4S/c1-4-13-9-12(10-15(21)18(13)27-32(3,29)30)11-25-17(28)8-6-14-5-7-16(20(22,23)24)26-19(14)31-2/h1,5-10,27H,11H2,2-3H3,(H,25,28)/b8-6-. The Balaban J connectivity index is 2.13. The van der Waals surface area contributed by atoms with Gasteiger partial charge < -0.3 is 10.1 Å². The number of alkyl halides is 3. The molecule has 170 valence electrons. The van der Waals surface area contributed by atoms with Crippen LogP contribution >= 0.6 is 0 Å². The predicted octanol–water partition coefficient (Wildman–Crippen LogP) is 2.93. The van der Waals surface area contributed by atoms with E-state index in [1.54, 1.807) is 0 Å². The SMILES string of the molecule is C#Cc1cc(CNC(=O)/C=C\c2ccc(C(F)(F)F)nc2OC)cc(F)c1NS(C)(=O)=O. The highest BCUT2D eigenvalue weighted by molar-refractivity contribution is 7.92. The summed E-state index contributed by atoms with van der Waals surface area (Å²) < 4.78 is 82.0. The molecule has 1 aromatic heterocycles. The molecule has 0 aliphatic carbocycles. The highest BCUT2D eigenvalue weighted by Gasteiger charge is 2.33. The monoisotopic (exact) mass is 471 g/mol. The largest absolute Gasteiger partial charge is 0.481 e. The minimum absolute atomic E-state index is 0.0595. The van der Waals surface area contributed by atoms with E-state index in [0.717, 1.165) is 37.6 Å². The lowest BCUT2D eigenvalue weighted by Crippen LogP contribution is -2.20. The molecule has 2 aromatic rings. The number of sulfonamides is 1. The van der Waals surface area contributed by atoms with E-state index in [4.69, 9.17) is 11.2 Å². The number of aromatic nitrogens is 1. The number of nitrogens with one attached hydrogen (secondary N) is 2. The van der Waals surface area contributed by atoms with E-state index in [0.29, 0.717) is 0 Å². The number of hydrogen-bond donors (Lipinski definition) is 2. The molecule has 0 saturated carbocycles. The Morgan fingerprint density at radius 3 is 2.56 bits per heavy atom. The molecule has 7 nitrogen and oxygen atoms in total. The number of hydrogen-bond acceptors (Lipinski definition) is 5. The van der Waals surface area contributed by atoms with Crippen molar-refractivity contribution in [1.82, 2.24) is 10.3 Å². The van der Waals surface area contributed by atoms with Gasteiger partial charge in [-0.05, 0) is 35.9 Å². The lowest BCUT2D eigenvalue weighted by Gasteiger charge is -2.11. The topological polar surface area (TPSA) is 97.4 Å². The molecular weight excluding hydrogens is 454 g/mol. The third-order valence-electron chi connectivity index (χ3n) is 3.85. The van der Waals surface area contributed by atoms with Crippen LogP contribution in [-0.4, -0.2) is 32.7 Å². The fourth-order valence-corrected chi connectivity index (χ4v) is 3.06. The van der Waals surface area contributed by atoms with Crippen LogP contribution in [0.1, 0.15) is 22.4 Å². The molecule has 0 atom stereocenters. The molecule has 1 amide bonds. The summed E-state index contributed by atoms with van der Waals surface area (Å²) in [5.41, 5.74) is -1.20. The van der Waals surface area contributed by atoms with Crippen LogP contribution in [0.25, 0.3) is 6.08 Å². The molecule has 32 heavy (non-hydrogen) atoms. The Bertz CT molecular complexity index is 1200. The van der Waals surface area contributed by atoms with E-state index in [-0.39, 0.29) is 34.8 Å². The van der Waals surface area contributed by atoms with Crippen LogP contribution in [0.2, 0.25) is 0 Å². The Kier molecular flexibility index (Phi) is 7.48. The fourth-order valence-electron chi connectivity index (χ4n) is 2.48. The normalized spacial score (nSPS) is 11.8. The summed E-state index contributed by atoms with van der Waals surface area (Å²) in [7, 11) is -2.62. The van der Waals surface area contributed by atoms with Gasteiger partial charge in [-0.2, -0.15) is 13.2 Å². The van der Waals surface area contributed by atoms with Crippen LogP contribution in [0.15, 0.2) is 30.3 Å². The lowest BCUT2D eigenvalue weighted by atomic mass is 10.1. The van der Waals surface area contributed by atoms with E-state index in [9.17, 15) is 30.8 Å². The lowest BCUT2D eigenvalue weighted by molar-refractivity contribution is -0.141. The highest BCUT2D eigenvalue weighted by atomic mass is 32.2. The Hall–Kier alpha value is -3.59. The number of anilines is 1. The molecule has 2 rings (SSSR count). The quantitative estimate of drug-likeness (QED) is 0.368. The van der Waals surface area contributed by atoms with Crippen molar-refractivity contribution in [2.75, 3.05) is 18.1 Å². The average Bonchev–Trinajstić information content (AvgIpc) is 2.70. The molecule has 2 N–H and O–H groups in total. The summed E-state index contributed by atoms with van der Waals surface area (Å²) in [4.78, 5) is 15.4. The number of nitrogens with zero attached hydrogens (tertiary/aromatic N) is 1. The van der Waals surface area contributed by atoms with Crippen molar-refractivity contribution in [3.05, 3.63) is 58.5 Å².